The SMILES string of the molecule is CN1C(=O)C(F)(F)c2ccc(B3OCC(C)(C)CO3)cc21. The number of nitrogens with zero attached hydrogens (tertiary/aromatic N) is 1. The maximum Gasteiger partial charge on any atom is 0.493 e. The van der Waals surface area contributed by atoms with E-state index in [9.17, 15) is 13.6 Å². The van der Waals surface area contributed by atoms with E-state index < -0.39 is 18.9 Å². The minimum Gasteiger partial charge on any atom is -0.407 e. The van der Waals surface area contributed by atoms with Crippen LogP contribution in [0.2, 0.25) is 0 Å². The third-order valence-corrected chi connectivity index (χ3v) is 3.82. The number of hydrogen-bond donors (Lipinski definition) is 0. The Morgan fingerprint density at radius 2 is 1.86 bits per heavy atom. The molecule has 2 aliphatic rings. The monoisotopic (exact) mass is 295 g/mol. The first kappa shape index (κ1) is 14.5. The molecule has 2 aliphatic heterocycles. The van der Waals surface area contributed by atoms with Gasteiger partial charge in [0.05, 0.1) is 11.3 Å². The standard InChI is InChI=1S/C14H16BF2NO3/c1-13(2)7-20-15(21-8-13)9-4-5-10-11(6-9)18(3)12(19)14(10,16)17/h4-6H,7-8H2,1-3H3. The zero-order valence-electron chi connectivity index (χ0n) is 12.2. The van der Waals surface area contributed by atoms with Gasteiger partial charge in [0.2, 0.25) is 0 Å². The summed E-state index contributed by atoms with van der Waals surface area (Å²) in [5.74, 6) is -4.67. The largest absolute Gasteiger partial charge is 0.493 e. The van der Waals surface area contributed by atoms with Gasteiger partial charge in [-0.15, -0.1) is 0 Å². The van der Waals surface area contributed by atoms with Crippen LogP contribution in [0, 0.1) is 5.41 Å². The summed E-state index contributed by atoms with van der Waals surface area (Å²) < 4.78 is 38.9. The van der Waals surface area contributed by atoms with E-state index in [0.29, 0.717) is 18.7 Å². The average molecular weight is 295 g/mol. The van der Waals surface area contributed by atoms with Crippen molar-refractivity contribution in [3.8, 4) is 0 Å². The van der Waals surface area contributed by atoms with Gasteiger partial charge in [-0.25, -0.2) is 0 Å². The number of rotatable bonds is 1. The van der Waals surface area contributed by atoms with Crippen molar-refractivity contribution in [1.82, 2.24) is 0 Å². The fourth-order valence-electron chi connectivity index (χ4n) is 2.56. The van der Waals surface area contributed by atoms with Crippen LogP contribution >= 0.6 is 0 Å². The summed E-state index contributed by atoms with van der Waals surface area (Å²) in [6.07, 6.45) is 0. The van der Waals surface area contributed by atoms with Crippen LogP contribution in [0.25, 0.3) is 0 Å². The number of likely N-dealkylation sites (N-methyl/N-ethyl adjacent to an activating group) is 1. The van der Waals surface area contributed by atoms with Gasteiger partial charge in [0.15, 0.2) is 0 Å². The topological polar surface area (TPSA) is 38.8 Å². The van der Waals surface area contributed by atoms with Crippen LogP contribution in [0.1, 0.15) is 19.4 Å². The molecule has 1 aromatic rings. The van der Waals surface area contributed by atoms with E-state index in [-0.39, 0.29) is 16.7 Å². The maximum absolute atomic E-state index is 13.8. The third-order valence-electron chi connectivity index (χ3n) is 3.82. The van der Waals surface area contributed by atoms with Gasteiger partial charge < -0.3 is 14.2 Å². The molecule has 3 rings (SSSR count). The van der Waals surface area contributed by atoms with Crippen molar-refractivity contribution in [3.63, 3.8) is 0 Å². The Hall–Kier alpha value is -1.47. The van der Waals surface area contributed by atoms with Crippen molar-refractivity contribution in [1.29, 1.82) is 0 Å². The highest BCUT2D eigenvalue weighted by atomic mass is 19.3. The zero-order valence-corrected chi connectivity index (χ0v) is 12.2. The summed E-state index contributed by atoms with van der Waals surface area (Å²) in [6.45, 7) is 5.11. The molecule has 1 aromatic carbocycles. The first-order valence-corrected chi connectivity index (χ1v) is 6.76. The minimum absolute atomic E-state index is 0.0625. The van der Waals surface area contributed by atoms with Crippen molar-refractivity contribution in [2.45, 2.75) is 19.8 Å². The molecular weight excluding hydrogens is 279 g/mol. The van der Waals surface area contributed by atoms with Gasteiger partial charge in [-0.05, 0) is 11.5 Å². The van der Waals surface area contributed by atoms with Crippen LogP contribution in [0.15, 0.2) is 18.2 Å². The fourth-order valence-corrected chi connectivity index (χ4v) is 2.56. The molecule has 21 heavy (non-hydrogen) atoms. The molecule has 0 aliphatic carbocycles. The van der Waals surface area contributed by atoms with E-state index in [2.05, 4.69) is 0 Å². The van der Waals surface area contributed by atoms with E-state index in [1.807, 2.05) is 13.8 Å². The second-order valence-electron chi connectivity index (χ2n) is 6.33. The van der Waals surface area contributed by atoms with E-state index in [1.54, 1.807) is 0 Å². The van der Waals surface area contributed by atoms with Crippen LogP contribution < -0.4 is 10.4 Å². The highest BCUT2D eigenvalue weighted by molar-refractivity contribution is 6.61. The van der Waals surface area contributed by atoms with Gasteiger partial charge in [-0.1, -0.05) is 26.0 Å². The summed E-state index contributed by atoms with van der Waals surface area (Å²) in [4.78, 5) is 12.5. The molecule has 0 bridgehead atoms. The second-order valence-corrected chi connectivity index (χ2v) is 6.33. The van der Waals surface area contributed by atoms with Gasteiger partial charge >= 0.3 is 18.9 Å². The van der Waals surface area contributed by atoms with Crippen LogP contribution in [0.3, 0.4) is 0 Å². The molecule has 0 unspecified atom stereocenters. The summed E-state index contributed by atoms with van der Waals surface area (Å²) in [6, 6.07) is 4.35. The molecule has 1 amide bonds. The highest BCUT2D eigenvalue weighted by Gasteiger charge is 2.51. The number of halogens is 2. The van der Waals surface area contributed by atoms with Crippen molar-refractivity contribution in [2.75, 3.05) is 25.2 Å². The lowest BCUT2D eigenvalue weighted by atomic mass is 9.75. The van der Waals surface area contributed by atoms with Gasteiger partial charge in [0.1, 0.15) is 0 Å². The van der Waals surface area contributed by atoms with Crippen molar-refractivity contribution in [3.05, 3.63) is 23.8 Å². The number of benzene rings is 1. The number of fused-ring (bicyclic) bond motifs is 1. The number of carbonyl (C=O) groups is 1. The molecule has 0 N–H and O–H groups in total. The molecular formula is C14H16BF2NO3. The Morgan fingerprint density at radius 3 is 2.48 bits per heavy atom. The highest BCUT2D eigenvalue weighted by Crippen LogP contribution is 2.42. The molecule has 0 atom stereocenters. The predicted molar refractivity (Wildman–Crippen MR) is 74.8 cm³/mol. The minimum atomic E-state index is -3.46. The molecule has 112 valence electrons. The predicted octanol–water partition coefficient (Wildman–Crippen LogP) is 1.52. The number of amides is 1. The third kappa shape index (κ3) is 2.24. The van der Waals surface area contributed by atoms with E-state index in [4.69, 9.17) is 9.31 Å². The molecule has 1 fully saturated rings. The summed E-state index contributed by atoms with van der Waals surface area (Å²) >= 11 is 0. The van der Waals surface area contributed by atoms with Crippen molar-refractivity contribution in [2.24, 2.45) is 5.41 Å². The number of hydrogen-bond acceptors (Lipinski definition) is 3. The smallest absolute Gasteiger partial charge is 0.407 e. The maximum atomic E-state index is 13.8. The lowest BCUT2D eigenvalue weighted by Gasteiger charge is -2.33. The second kappa shape index (κ2) is 4.51. The molecule has 0 radical (unpaired) electrons. The summed E-state index contributed by atoms with van der Waals surface area (Å²) in [7, 11) is 0.762. The number of alkyl halides is 2. The molecule has 0 aromatic heterocycles. The lowest BCUT2D eigenvalue weighted by Crippen LogP contribution is -2.47. The van der Waals surface area contributed by atoms with Gasteiger partial charge in [0, 0.05) is 25.7 Å². The quantitative estimate of drug-likeness (QED) is 0.737. The molecule has 1 saturated heterocycles. The fraction of sp³-hybridized carbons (Fsp3) is 0.500. The molecule has 2 heterocycles. The van der Waals surface area contributed by atoms with E-state index in [0.717, 1.165) is 4.90 Å². The Bertz CT molecular complexity index is 596. The van der Waals surface area contributed by atoms with E-state index >= 15 is 0 Å². The first-order valence-electron chi connectivity index (χ1n) is 6.76. The van der Waals surface area contributed by atoms with Gasteiger partial charge in [0.25, 0.3) is 0 Å². The normalized spacial score (nSPS) is 23.4. The molecule has 0 spiro atoms. The van der Waals surface area contributed by atoms with Gasteiger partial charge in [-0.3, -0.25) is 4.79 Å². The van der Waals surface area contributed by atoms with Crippen molar-refractivity contribution < 1.29 is 22.9 Å². The first-order chi connectivity index (χ1) is 9.72. The van der Waals surface area contributed by atoms with Gasteiger partial charge in [-0.2, -0.15) is 8.78 Å². The molecule has 7 heteroatoms. The van der Waals surface area contributed by atoms with Crippen LogP contribution in [-0.2, 0) is 20.0 Å². The van der Waals surface area contributed by atoms with Crippen LogP contribution in [0.4, 0.5) is 14.5 Å². The molecule has 4 nitrogen and oxygen atoms in total. The number of anilines is 1. The van der Waals surface area contributed by atoms with Crippen LogP contribution in [0.5, 0.6) is 0 Å². The average Bonchev–Trinajstić information content (AvgIpc) is 2.60. The number of carbonyl (C=O) groups excluding carboxylic acids is 1. The Morgan fingerprint density at radius 1 is 1.24 bits per heavy atom. The Balaban J connectivity index is 1.90. The summed E-state index contributed by atoms with van der Waals surface area (Å²) in [5.41, 5.74) is 0.517. The zero-order chi connectivity index (χ0) is 15.4. The Kier molecular flexibility index (Phi) is 3.11. The molecule has 0 saturated carbocycles. The van der Waals surface area contributed by atoms with E-state index in [1.165, 1.54) is 25.2 Å². The van der Waals surface area contributed by atoms with Crippen LogP contribution in [-0.4, -0.2) is 33.3 Å². The Labute approximate surface area is 122 Å². The van der Waals surface area contributed by atoms with Crippen molar-refractivity contribution >= 4 is 24.2 Å². The lowest BCUT2D eigenvalue weighted by molar-refractivity contribution is -0.141. The summed E-state index contributed by atoms with van der Waals surface area (Å²) in [5, 5.41) is 0.